The van der Waals surface area contributed by atoms with Crippen LogP contribution >= 0.6 is 0 Å². The molecule has 0 aliphatic carbocycles. The molecule has 0 spiro atoms. The van der Waals surface area contributed by atoms with Gasteiger partial charge in [-0.3, -0.25) is 0 Å². The van der Waals surface area contributed by atoms with E-state index in [4.69, 9.17) is 33.2 Å². The van der Waals surface area contributed by atoms with Gasteiger partial charge < -0.3 is 33.2 Å². The Hall–Kier alpha value is -5.18. The van der Waals surface area contributed by atoms with E-state index in [0.29, 0.717) is 11.5 Å². The maximum absolute atomic E-state index is 13.0. The third-order valence-corrected chi connectivity index (χ3v) is 5.50. The standard InChI is InChI=1S/C30H26O9/c1-33-23-15-19(16-24(34-2)27(23)37-21-11-7-5-8-12-21)29(31)39-30(32)20-17-25(35-3)28(26(18-20)36-4)38-22-13-9-6-10-14-22/h5-18H,1-4H3. The first kappa shape index (κ1) is 26.9. The largest absolute Gasteiger partial charge is 0.493 e. The molecule has 0 heterocycles. The van der Waals surface area contributed by atoms with Gasteiger partial charge in [0.1, 0.15) is 11.5 Å². The summed E-state index contributed by atoms with van der Waals surface area (Å²) in [6.45, 7) is 0. The molecule has 0 atom stereocenters. The lowest BCUT2D eigenvalue weighted by atomic mass is 10.1. The topological polar surface area (TPSA) is 98.8 Å². The predicted molar refractivity (Wildman–Crippen MR) is 142 cm³/mol. The van der Waals surface area contributed by atoms with Crippen molar-refractivity contribution in [1.82, 2.24) is 0 Å². The van der Waals surface area contributed by atoms with Gasteiger partial charge in [0.2, 0.25) is 11.5 Å². The van der Waals surface area contributed by atoms with Gasteiger partial charge in [-0.25, -0.2) is 9.59 Å². The van der Waals surface area contributed by atoms with Gasteiger partial charge in [0.05, 0.1) is 39.6 Å². The first-order valence-electron chi connectivity index (χ1n) is 11.7. The number of carbonyl (C=O) groups is 2. The van der Waals surface area contributed by atoms with Crippen molar-refractivity contribution in [1.29, 1.82) is 0 Å². The Kier molecular flexibility index (Phi) is 8.53. The van der Waals surface area contributed by atoms with Crippen molar-refractivity contribution < 1.29 is 42.7 Å². The van der Waals surface area contributed by atoms with Crippen molar-refractivity contribution in [3.8, 4) is 46.0 Å². The minimum Gasteiger partial charge on any atom is -0.493 e. The second-order valence-corrected chi connectivity index (χ2v) is 7.93. The summed E-state index contributed by atoms with van der Waals surface area (Å²) >= 11 is 0. The highest BCUT2D eigenvalue weighted by atomic mass is 16.6. The summed E-state index contributed by atoms with van der Waals surface area (Å²) in [6.07, 6.45) is 0. The molecule has 0 aliphatic heterocycles. The molecule has 0 bridgehead atoms. The number of hydrogen-bond acceptors (Lipinski definition) is 9. The number of hydrogen-bond donors (Lipinski definition) is 0. The molecular formula is C30H26O9. The van der Waals surface area contributed by atoms with Crippen molar-refractivity contribution in [2.45, 2.75) is 0 Å². The summed E-state index contributed by atoms with van der Waals surface area (Å²) in [6, 6.07) is 23.6. The smallest absolute Gasteiger partial charge is 0.346 e. The molecule has 0 unspecified atom stereocenters. The van der Waals surface area contributed by atoms with Crippen molar-refractivity contribution >= 4 is 11.9 Å². The van der Waals surface area contributed by atoms with Crippen LogP contribution in [0.15, 0.2) is 84.9 Å². The highest BCUT2D eigenvalue weighted by Crippen LogP contribution is 2.43. The lowest BCUT2D eigenvalue weighted by Gasteiger charge is -2.16. The molecule has 0 saturated heterocycles. The van der Waals surface area contributed by atoms with Crippen molar-refractivity contribution in [2.24, 2.45) is 0 Å². The molecule has 0 aliphatic rings. The average Bonchev–Trinajstić information content (AvgIpc) is 2.98. The monoisotopic (exact) mass is 530 g/mol. The maximum atomic E-state index is 13.0. The fourth-order valence-electron chi connectivity index (χ4n) is 3.61. The van der Waals surface area contributed by atoms with Crippen LogP contribution in [0, 0.1) is 0 Å². The van der Waals surface area contributed by atoms with E-state index in [-0.39, 0.29) is 45.6 Å². The van der Waals surface area contributed by atoms with E-state index < -0.39 is 11.9 Å². The molecule has 9 nitrogen and oxygen atoms in total. The number of carbonyl (C=O) groups excluding carboxylic acids is 2. The first-order chi connectivity index (χ1) is 19.0. The van der Waals surface area contributed by atoms with E-state index in [0.717, 1.165) is 0 Å². The second kappa shape index (κ2) is 12.4. The zero-order valence-electron chi connectivity index (χ0n) is 21.8. The van der Waals surface area contributed by atoms with Crippen LogP contribution in [0.1, 0.15) is 20.7 Å². The van der Waals surface area contributed by atoms with Crippen LogP contribution in [0.2, 0.25) is 0 Å². The van der Waals surface area contributed by atoms with Gasteiger partial charge in [0.25, 0.3) is 0 Å². The number of ether oxygens (including phenoxy) is 7. The Morgan fingerprint density at radius 3 is 1.08 bits per heavy atom. The Morgan fingerprint density at radius 2 is 0.795 bits per heavy atom. The molecule has 4 aromatic rings. The van der Waals surface area contributed by atoms with E-state index in [1.807, 2.05) is 36.4 Å². The number of methoxy groups -OCH3 is 4. The van der Waals surface area contributed by atoms with Gasteiger partial charge in [0.15, 0.2) is 23.0 Å². The summed E-state index contributed by atoms with van der Waals surface area (Å²) in [4.78, 5) is 25.9. The van der Waals surface area contributed by atoms with E-state index in [1.54, 1.807) is 24.3 Å². The fraction of sp³-hybridized carbons (Fsp3) is 0.133. The van der Waals surface area contributed by atoms with Gasteiger partial charge in [-0.15, -0.1) is 0 Å². The van der Waals surface area contributed by atoms with Crippen molar-refractivity contribution in [3.05, 3.63) is 96.1 Å². The number of esters is 2. The van der Waals surface area contributed by atoms with Crippen LogP contribution in [0.3, 0.4) is 0 Å². The molecule has 39 heavy (non-hydrogen) atoms. The molecule has 0 saturated carbocycles. The van der Waals surface area contributed by atoms with E-state index in [1.165, 1.54) is 52.7 Å². The minimum atomic E-state index is -0.926. The Bertz CT molecular complexity index is 1290. The van der Waals surface area contributed by atoms with E-state index in [9.17, 15) is 9.59 Å². The molecule has 0 aromatic heterocycles. The average molecular weight is 531 g/mol. The normalized spacial score (nSPS) is 10.3. The highest BCUT2D eigenvalue weighted by Gasteiger charge is 2.24. The van der Waals surface area contributed by atoms with Crippen LogP contribution < -0.4 is 28.4 Å². The second-order valence-electron chi connectivity index (χ2n) is 7.93. The van der Waals surface area contributed by atoms with Gasteiger partial charge in [-0.05, 0) is 48.5 Å². The van der Waals surface area contributed by atoms with Crippen LogP contribution in [-0.4, -0.2) is 40.4 Å². The lowest BCUT2D eigenvalue weighted by Crippen LogP contribution is -2.14. The zero-order valence-corrected chi connectivity index (χ0v) is 21.8. The Labute approximate surface area is 225 Å². The third-order valence-electron chi connectivity index (χ3n) is 5.50. The number of benzene rings is 4. The van der Waals surface area contributed by atoms with Crippen LogP contribution in [-0.2, 0) is 4.74 Å². The number of rotatable bonds is 10. The van der Waals surface area contributed by atoms with Crippen molar-refractivity contribution in [2.75, 3.05) is 28.4 Å². The fourth-order valence-corrected chi connectivity index (χ4v) is 3.61. The zero-order chi connectivity index (χ0) is 27.8. The Balaban J connectivity index is 1.59. The minimum absolute atomic E-state index is 0.0143. The predicted octanol–water partition coefficient (Wildman–Crippen LogP) is 6.30. The SMILES string of the molecule is COc1cc(C(=O)OC(=O)c2cc(OC)c(Oc3ccccc3)c(OC)c2)cc(OC)c1Oc1ccccc1. The molecule has 200 valence electrons. The van der Waals surface area contributed by atoms with E-state index in [2.05, 4.69) is 0 Å². The van der Waals surface area contributed by atoms with Gasteiger partial charge in [0, 0.05) is 0 Å². The van der Waals surface area contributed by atoms with Crippen molar-refractivity contribution in [3.63, 3.8) is 0 Å². The number of para-hydroxylation sites is 2. The summed E-state index contributed by atoms with van der Waals surface area (Å²) in [5, 5.41) is 0. The van der Waals surface area contributed by atoms with Crippen LogP contribution in [0.5, 0.6) is 46.0 Å². The molecular weight excluding hydrogens is 504 g/mol. The third kappa shape index (κ3) is 6.22. The summed E-state index contributed by atoms with van der Waals surface area (Å²) in [7, 11) is 5.68. The summed E-state index contributed by atoms with van der Waals surface area (Å²) < 4.78 is 38.6. The summed E-state index contributed by atoms with van der Waals surface area (Å²) in [5.41, 5.74) is 0.0286. The molecule has 0 fully saturated rings. The molecule has 9 heteroatoms. The lowest BCUT2D eigenvalue weighted by molar-refractivity contribution is 0.0396. The molecule has 0 radical (unpaired) electrons. The molecule has 4 aromatic carbocycles. The maximum Gasteiger partial charge on any atom is 0.346 e. The van der Waals surface area contributed by atoms with Crippen LogP contribution in [0.25, 0.3) is 0 Å². The van der Waals surface area contributed by atoms with Gasteiger partial charge >= 0.3 is 11.9 Å². The van der Waals surface area contributed by atoms with Gasteiger partial charge in [-0.2, -0.15) is 0 Å². The molecule has 0 N–H and O–H groups in total. The quantitative estimate of drug-likeness (QED) is 0.173. The highest BCUT2D eigenvalue weighted by molar-refractivity contribution is 6.03. The first-order valence-corrected chi connectivity index (χ1v) is 11.7. The molecule has 4 rings (SSSR count). The van der Waals surface area contributed by atoms with E-state index >= 15 is 0 Å². The summed E-state index contributed by atoms with van der Waals surface area (Å²) in [5.74, 6) is 0.605. The van der Waals surface area contributed by atoms with Crippen LogP contribution in [0.4, 0.5) is 0 Å². The molecule has 0 amide bonds. The Morgan fingerprint density at radius 1 is 0.487 bits per heavy atom. The van der Waals surface area contributed by atoms with Gasteiger partial charge in [-0.1, -0.05) is 36.4 Å².